The fraction of sp³-hybridized carbons (Fsp3) is 0.391. The van der Waals surface area contributed by atoms with Gasteiger partial charge >= 0.3 is 5.97 Å². The number of benzene rings is 1. The van der Waals surface area contributed by atoms with Gasteiger partial charge in [-0.2, -0.15) is 0 Å². The summed E-state index contributed by atoms with van der Waals surface area (Å²) in [5.74, 6) is 0.564. The van der Waals surface area contributed by atoms with Crippen molar-refractivity contribution in [1.29, 1.82) is 0 Å². The first kappa shape index (κ1) is 21.9. The fourth-order valence-corrected chi connectivity index (χ4v) is 4.70. The molecule has 1 aromatic carbocycles. The molecule has 30 heavy (non-hydrogen) atoms. The van der Waals surface area contributed by atoms with E-state index < -0.39 is 0 Å². The van der Waals surface area contributed by atoms with Crippen LogP contribution in [-0.2, 0) is 22.4 Å². The second-order valence-corrected chi connectivity index (χ2v) is 8.09. The number of hydrogen-bond donors (Lipinski definition) is 1. The van der Waals surface area contributed by atoms with E-state index in [1.807, 2.05) is 13.0 Å². The van der Waals surface area contributed by atoms with E-state index in [0.717, 1.165) is 43.2 Å². The summed E-state index contributed by atoms with van der Waals surface area (Å²) in [7, 11) is 3.14. The Morgan fingerprint density at radius 3 is 2.63 bits per heavy atom. The summed E-state index contributed by atoms with van der Waals surface area (Å²) < 4.78 is 15.9. The number of ether oxygens (including phenoxy) is 3. The molecular formula is C23H27NO5S. The molecule has 7 heteroatoms. The number of carbonyl (C=O) groups excluding carboxylic acids is 2. The third-order valence-electron chi connectivity index (χ3n) is 4.88. The lowest BCUT2D eigenvalue weighted by Gasteiger charge is -2.12. The van der Waals surface area contributed by atoms with Crippen LogP contribution in [0.4, 0.5) is 5.00 Å². The third-order valence-corrected chi connectivity index (χ3v) is 6.09. The van der Waals surface area contributed by atoms with Gasteiger partial charge in [0.1, 0.15) is 5.00 Å². The molecule has 0 saturated carbocycles. The first-order chi connectivity index (χ1) is 14.6. The van der Waals surface area contributed by atoms with Gasteiger partial charge < -0.3 is 19.5 Å². The molecular weight excluding hydrogens is 402 g/mol. The number of hydrogen-bond acceptors (Lipinski definition) is 6. The largest absolute Gasteiger partial charge is 0.493 e. The van der Waals surface area contributed by atoms with E-state index >= 15 is 0 Å². The molecule has 1 amide bonds. The molecule has 0 bridgehead atoms. The van der Waals surface area contributed by atoms with E-state index in [2.05, 4.69) is 5.32 Å². The summed E-state index contributed by atoms with van der Waals surface area (Å²) >= 11 is 1.48. The highest BCUT2D eigenvalue weighted by Gasteiger charge is 2.27. The van der Waals surface area contributed by atoms with Crippen LogP contribution in [0.3, 0.4) is 0 Å². The van der Waals surface area contributed by atoms with Crippen molar-refractivity contribution in [3.63, 3.8) is 0 Å². The minimum Gasteiger partial charge on any atom is -0.493 e. The molecule has 160 valence electrons. The van der Waals surface area contributed by atoms with Crippen molar-refractivity contribution in [3.05, 3.63) is 45.8 Å². The van der Waals surface area contributed by atoms with Gasteiger partial charge in [0.15, 0.2) is 11.5 Å². The molecule has 1 heterocycles. The number of carbonyl (C=O) groups is 2. The van der Waals surface area contributed by atoms with E-state index in [9.17, 15) is 9.59 Å². The molecule has 0 spiro atoms. The normalized spacial score (nSPS) is 13.0. The van der Waals surface area contributed by atoms with Crippen molar-refractivity contribution in [2.45, 2.75) is 39.0 Å². The van der Waals surface area contributed by atoms with Gasteiger partial charge in [-0.05, 0) is 61.4 Å². The summed E-state index contributed by atoms with van der Waals surface area (Å²) in [6.07, 6.45) is 7.83. The first-order valence-corrected chi connectivity index (χ1v) is 10.9. The number of esters is 1. The number of nitrogens with one attached hydrogen (secondary N) is 1. The molecule has 6 nitrogen and oxygen atoms in total. The minimum atomic E-state index is -0.351. The maximum atomic E-state index is 12.6. The van der Waals surface area contributed by atoms with Crippen LogP contribution in [0.5, 0.6) is 11.5 Å². The Morgan fingerprint density at radius 1 is 1.13 bits per heavy atom. The van der Waals surface area contributed by atoms with Crippen molar-refractivity contribution in [1.82, 2.24) is 0 Å². The second kappa shape index (κ2) is 10.3. The second-order valence-electron chi connectivity index (χ2n) is 6.99. The minimum absolute atomic E-state index is 0.298. The van der Waals surface area contributed by atoms with Gasteiger partial charge in [-0.25, -0.2) is 4.79 Å². The highest BCUT2D eigenvalue weighted by molar-refractivity contribution is 7.17. The van der Waals surface area contributed by atoms with Crippen LogP contribution in [0.15, 0.2) is 24.3 Å². The summed E-state index contributed by atoms with van der Waals surface area (Å²) in [5, 5.41) is 3.46. The molecule has 0 radical (unpaired) electrons. The van der Waals surface area contributed by atoms with Crippen molar-refractivity contribution in [2.24, 2.45) is 0 Å². The van der Waals surface area contributed by atoms with Crippen LogP contribution in [0.1, 0.15) is 52.5 Å². The van der Waals surface area contributed by atoms with Crippen LogP contribution in [0.2, 0.25) is 0 Å². The summed E-state index contributed by atoms with van der Waals surface area (Å²) in [5.41, 5.74) is 2.36. The van der Waals surface area contributed by atoms with Crippen molar-refractivity contribution >= 4 is 34.3 Å². The van der Waals surface area contributed by atoms with E-state index in [1.165, 1.54) is 22.3 Å². The molecule has 0 saturated heterocycles. The lowest BCUT2D eigenvalue weighted by Crippen LogP contribution is -2.14. The molecule has 2 aromatic rings. The van der Waals surface area contributed by atoms with E-state index in [0.29, 0.717) is 28.7 Å². The zero-order valence-corrected chi connectivity index (χ0v) is 18.4. The van der Waals surface area contributed by atoms with Crippen molar-refractivity contribution < 1.29 is 23.8 Å². The van der Waals surface area contributed by atoms with Crippen LogP contribution < -0.4 is 14.8 Å². The predicted molar refractivity (Wildman–Crippen MR) is 119 cm³/mol. The van der Waals surface area contributed by atoms with Gasteiger partial charge in [-0.1, -0.05) is 13.0 Å². The van der Waals surface area contributed by atoms with Gasteiger partial charge in [-0.3, -0.25) is 4.79 Å². The molecule has 1 N–H and O–H groups in total. The van der Waals surface area contributed by atoms with Gasteiger partial charge in [0.05, 0.1) is 26.4 Å². The molecule has 0 fully saturated rings. The fourth-order valence-electron chi connectivity index (χ4n) is 3.42. The standard InChI is InChI=1S/C23H27NO5S/c1-4-13-29-23(26)21-16-7-5-6-8-19(16)30-22(21)24-20(25)12-10-15-9-11-17(27-2)18(14-15)28-3/h9-12,14H,4-8,13H2,1-3H3,(H,24,25). The van der Waals surface area contributed by atoms with Crippen LogP contribution in [0, 0.1) is 0 Å². The molecule has 0 aliphatic heterocycles. The van der Waals surface area contributed by atoms with Crippen LogP contribution >= 0.6 is 11.3 Å². The Bertz CT molecular complexity index is 947. The molecule has 1 aliphatic carbocycles. The lowest BCUT2D eigenvalue weighted by atomic mass is 9.95. The van der Waals surface area contributed by atoms with Gasteiger partial charge in [0.2, 0.25) is 5.91 Å². The number of aryl methyl sites for hydroxylation is 1. The predicted octanol–water partition coefficient (Wildman–Crippen LogP) is 4.86. The highest BCUT2D eigenvalue weighted by Crippen LogP contribution is 2.38. The topological polar surface area (TPSA) is 73.9 Å². The van der Waals surface area contributed by atoms with E-state index in [4.69, 9.17) is 14.2 Å². The Hall–Kier alpha value is -2.80. The van der Waals surface area contributed by atoms with Crippen molar-refractivity contribution in [3.8, 4) is 11.5 Å². The highest BCUT2D eigenvalue weighted by atomic mass is 32.1. The number of fused-ring (bicyclic) bond motifs is 1. The average Bonchev–Trinajstić information content (AvgIpc) is 3.13. The monoisotopic (exact) mass is 429 g/mol. The Balaban J connectivity index is 1.78. The SMILES string of the molecule is CCCOC(=O)c1c(NC(=O)C=Cc2ccc(OC)c(OC)c2)sc2c1CCCC2. The third kappa shape index (κ3) is 5.02. The van der Waals surface area contributed by atoms with E-state index in [-0.39, 0.29) is 11.9 Å². The van der Waals surface area contributed by atoms with Gasteiger partial charge in [0, 0.05) is 11.0 Å². The molecule has 3 rings (SSSR count). The maximum absolute atomic E-state index is 12.6. The Morgan fingerprint density at radius 2 is 1.90 bits per heavy atom. The zero-order valence-electron chi connectivity index (χ0n) is 17.6. The summed E-state index contributed by atoms with van der Waals surface area (Å²) in [6, 6.07) is 5.41. The van der Waals surface area contributed by atoms with Gasteiger partial charge in [0.25, 0.3) is 0 Å². The molecule has 0 unspecified atom stereocenters. The number of methoxy groups -OCH3 is 2. The average molecular weight is 430 g/mol. The van der Waals surface area contributed by atoms with Gasteiger partial charge in [-0.15, -0.1) is 11.3 Å². The molecule has 1 aliphatic rings. The zero-order chi connectivity index (χ0) is 21.5. The van der Waals surface area contributed by atoms with Crippen molar-refractivity contribution in [2.75, 3.05) is 26.1 Å². The first-order valence-electron chi connectivity index (χ1n) is 10.1. The quantitative estimate of drug-likeness (QED) is 0.479. The molecule has 0 atom stereocenters. The number of rotatable bonds is 8. The number of anilines is 1. The summed E-state index contributed by atoms with van der Waals surface area (Å²) in [4.78, 5) is 26.4. The van der Waals surface area contributed by atoms with Crippen LogP contribution in [0.25, 0.3) is 6.08 Å². The van der Waals surface area contributed by atoms with Crippen LogP contribution in [-0.4, -0.2) is 32.7 Å². The van der Waals surface area contributed by atoms with E-state index in [1.54, 1.807) is 32.4 Å². The lowest BCUT2D eigenvalue weighted by molar-refractivity contribution is -0.111. The number of thiophene rings is 1. The number of amides is 1. The smallest absolute Gasteiger partial charge is 0.341 e. The Kier molecular flexibility index (Phi) is 7.52. The maximum Gasteiger partial charge on any atom is 0.341 e. The molecule has 1 aromatic heterocycles. The summed E-state index contributed by atoms with van der Waals surface area (Å²) in [6.45, 7) is 2.33. The Labute approximate surface area is 180 Å².